The molecule has 2 saturated heterocycles. The Labute approximate surface area is 102 Å². The van der Waals surface area contributed by atoms with Gasteiger partial charge in [0, 0.05) is 12.5 Å². The van der Waals surface area contributed by atoms with Crippen LogP contribution in [0.5, 0.6) is 0 Å². The lowest BCUT2D eigenvalue weighted by Gasteiger charge is -2.36. The summed E-state index contributed by atoms with van der Waals surface area (Å²) in [5, 5.41) is 9.80. The number of carbonyl (C=O) groups is 1. The van der Waals surface area contributed by atoms with Gasteiger partial charge in [-0.1, -0.05) is 0 Å². The van der Waals surface area contributed by atoms with Crippen molar-refractivity contribution in [1.82, 2.24) is 4.90 Å². The third-order valence-corrected chi connectivity index (χ3v) is 5.49. The largest absolute Gasteiger partial charge is 0.390 e. The SMILES string of the molecule is CC(=O)C1CCCN(C2CS(=O)(=O)CC2O)C1. The number of sulfone groups is 1. The molecule has 3 unspecified atom stereocenters. The van der Waals surface area contributed by atoms with E-state index in [1.807, 2.05) is 4.90 Å². The van der Waals surface area contributed by atoms with Crippen molar-refractivity contribution in [1.29, 1.82) is 0 Å². The highest BCUT2D eigenvalue weighted by atomic mass is 32.2. The van der Waals surface area contributed by atoms with Gasteiger partial charge < -0.3 is 5.11 Å². The molecule has 2 aliphatic rings. The van der Waals surface area contributed by atoms with Gasteiger partial charge in [0.05, 0.1) is 23.7 Å². The zero-order valence-electron chi connectivity index (χ0n) is 10.0. The molecule has 0 radical (unpaired) electrons. The summed E-state index contributed by atoms with van der Waals surface area (Å²) in [6.07, 6.45) is 0.972. The highest BCUT2D eigenvalue weighted by Gasteiger charge is 2.41. The van der Waals surface area contributed by atoms with Gasteiger partial charge in [-0.05, 0) is 26.3 Å². The zero-order valence-corrected chi connectivity index (χ0v) is 10.8. The second-order valence-corrected chi connectivity index (χ2v) is 7.31. The molecule has 17 heavy (non-hydrogen) atoms. The van der Waals surface area contributed by atoms with Gasteiger partial charge in [-0.25, -0.2) is 8.42 Å². The van der Waals surface area contributed by atoms with Gasteiger partial charge in [0.2, 0.25) is 0 Å². The Morgan fingerprint density at radius 1 is 1.35 bits per heavy atom. The van der Waals surface area contributed by atoms with Crippen molar-refractivity contribution in [3.05, 3.63) is 0 Å². The number of Topliss-reactive ketones (excluding diaryl/α,β-unsaturated/α-hetero) is 1. The van der Waals surface area contributed by atoms with Crippen LogP contribution in [0.2, 0.25) is 0 Å². The topological polar surface area (TPSA) is 74.7 Å². The van der Waals surface area contributed by atoms with E-state index in [4.69, 9.17) is 0 Å². The van der Waals surface area contributed by atoms with Gasteiger partial charge in [0.1, 0.15) is 5.78 Å². The van der Waals surface area contributed by atoms with Crippen LogP contribution >= 0.6 is 0 Å². The van der Waals surface area contributed by atoms with E-state index in [1.54, 1.807) is 6.92 Å². The van der Waals surface area contributed by atoms with Crippen molar-refractivity contribution in [3.63, 3.8) is 0 Å². The Hall–Kier alpha value is -0.460. The molecule has 98 valence electrons. The third-order valence-electron chi connectivity index (χ3n) is 3.79. The maximum absolute atomic E-state index is 11.5. The molecule has 6 heteroatoms. The molecule has 1 N–H and O–H groups in total. The number of hydrogen-bond donors (Lipinski definition) is 1. The monoisotopic (exact) mass is 261 g/mol. The lowest BCUT2D eigenvalue weighted by atomic mass is 9.93. The lowest BCUT2D eigenvalue weighted by Crippen LogP contribution is -2.49. The van der Waals surface area contributed by atoms with Crippen molar-refractivity contribution < 1.29 is 18.3 Å². The van der Waals surface area contributed by atoms with Crippen molar-refractivity contribution in [2.75, 3.05) is 24.6 Å². The summed E-state index contributed by atoms with van der Waals surface area (Å²) in [4.78, 5) is 13.3. The normalized spacial score (nSPS) is 38.1. The molecule has 5 nitrogen and oxygen atoms in total. The molecular weight excluding hydrogens is 242 g/mol. The number of piperidine rings is 1. The molecule has 0 aromatic carbocycles. The molecule has 2 rings (SSSR count). The lowest BCUT2D eigenvalue weighted by molar-refractivity contribution is -0.122. The molecule has 0 aliphatic carbocycles. The Bertz CT molecular complexity index is 406. The van der Waals surface area contributed by atoms with Gasteiger partial charge in [-0.15, -0.1) is 0 Å². The fourth-order valence-electron chi connectivity index (χ4n) is 2.80. The number of ketones is 1. The van der Waals surface area contributed by atoms with Gasteiger partial charge in [-0.3, -0.25) is 9.69 Å². The van der Waals surface area contributed by atoms with E-state index in [0.29, 0.717) is 6.54 Å². The fraction of sp³-hybridized carbons (Fsp3) is 0.909. The molecule has 0 aromatic heterocycles. The van der Waals surface area contributed by atoms with Crippen molar-refractivity contribution in [2.45, 2.75) is 31.9 Å². The molecule has 0 spiro atoms. The van der Waals surface area contributed by atoms with Gasteiger partial charge >= 0.3 is 0 Å². The average Bonchev–Trinajstić information content (AvgIpc) is 2.52. The first-order valence-electron chi connectivity index (χ1n) is 6.02. The van der Waals surface area contributed by atoms with E-state index in [1.165, 1.54) is 0 Å². The Morgan fingerprint density at radius 3 is 2.59 bits per heavy atom. The Balaban J connectivity index is 2.05. The minimum absolute atomic E-state index is 0.000691. The summed E-state index contributed by atoms with van der Waals surface area (Å²) in [5.74, 6) is 0.0434. The maximum Gasteiger partial charge on any atom is 0.154 e. The quantitative estimate of drug-likeness (QED) is 0.721. The number of nitrogens with zero attached hydrogens (tertiary/aromatic N) is 1. The van der Waals surface area contributed by atoms with Crippen LogP contribution in [0.3, 0.4) is 0 Å². The van der Waals surface area contributed by atoms with Crippen molar-refractivity contribution >= 4 is 15.6 Å². The van der Waals surface area contributed by atoms with Crippen LogP contribution in [-0.2, 0) is 14.6 Å². The highest BCUT2D eigenvalue weighted by Crippen LogP contribution is 2.25. The predicted octanol–water partition coefficient (Wildman–Crippen LogP) is -0.555. The van der Waals surface area contributed by atoms with Crippen molar-refractivity contribution in [3.8, 4) is 0 Å². The summed E-state index contributed by atoms with van der Waals surface area (Å²) < 4.78 is 22.9. The molecule has 2 fully saturated rings. The van der Waals surface area contributed by atoms with E-state index in [0.717, 1.165) is 19.4 Å². The number of hydrogen-bond acceptors (Lipinski definition) is 5. The Morgan fingerprint density at radius 2 is 2.06 bits per heavy atom. The highest BCUT2D eigenvalue weighted by molar-refractivity contribution is 7.91. The summed E-state index contributed by atoms with van der Waals surface area (Å²) in [5.41, 5.74) is 0. The first kappa shape index (κ1) is 13.0. The molecule has 0 bridgehead atoms. The van der Waals surface area contributed by atoms with Crippen LogP contribution in [0.25, 0.3) is 0 Å². The number of aliphatic hydroxyl groups is 1. The van der Waals surface area contributed by atoms with E-state index >= 15 is 0 Å². The van der Waals surface area contributed by atoms with E-state index in [2.05, 4.69) is 0 Å². The summed E-state index contributed by atoms with van der Waals surface area (Å²) >= 11 is 0. The summed E-state index contributed by atoms with van der Waals surface area (Å²) in [6, 6.07) is -0.317. The number of aliphatic hydroxyl groups excluding tert-OH is 1. The van der Waals surface area contributed by atoms with E-state index in [-0.39, 0.29) is 29.2 Å². The van der Waals surface area contributed by atoms with E-state index < -0.39 is 15.9 Å². The van der Waals surface area contributed by atoms with Crippen LogP contribution in [0.15, 0.2) is 0 Å². The first-order chi connectivity index (χ1) is 7.89. The molecular formula is C11H19NO4S. The maximum atomic E-state index is 11.5. The molecule has 0 amide bonds. The third kappa shape index (κ3) is 2.86. The van der Waals surface area contributed by atoms with E-state index in [9.17, 15) is 18.3 Å². The predicted molar refractivity (Wildman–Crippen MR) is 63.4 cm³/mol. The summed E-state index contributed by atoms with van der Waals surface area (Å²) in [7, 11) is -3.11. The average molecular weight is 261 g/mol. The number of carbonyl (C=O) groups excluding carboxylic acids is 1. The van der Waals surface area contributed by atoms with Gasteiger partial charge in [0.15, 0.2) is 9.84 Å². The Kier molecular flexibility index (Phi) is 3.56. The van der Waals surface area contributed by atoms with Crippen LogP contribution in [0, 0.1) is 5.92 Å². The molecule has 0 saturated carbocycles. The minimum Gasteiger partial charge on any atom is -0.390 e. The second-order valence-electron chi connectivity index (χ2n) is 5.16. The van der Waals surface area contributed by atoms with Crippen LogP contribution in [0.1, 0.15) is 19.8 Å². The molecule has 3 atom stereocenters. The number of rotatable bonds is 2. The standard InChI is InChI=1S/C11H19NO4S/c1-8(13)9-3-2-4-12(5-9)10-6-17(15,16)7-11(10)14/h9-11,14H,2-7H2,1H3. The minimum atomic E-state index is -3.11. The van der Waals surface area contributed by atoms with Crippen LogP contribution in [0.4, 0.5) is 0 Å². The van der Waals surface area contributed by atoms with Crippen molar-refractivity contribution in [2.24, 2.45) is 5.92 Å². The number of likely N-dealkylation sites (tertiary alicyclic amines) is 1. The van der Waals surface area contributed by atoms with Gasteiger partial charge in [0.25, 0.3) is 0 Å². The van der Waals surface area contributed by atoms with Crippen LogP contribution in [-0.4, -0.2) is 60.9 Å². The smallest absolute Gasteiger partial charge is 0.154 e. The zero-order chi connectivity index (χ0) is 12.6. The van der Waals surface area contributed by atoms with Gasteiger partial charge in [-0.2, -0.15) is 0 Å². The second kappa shape index (κ2) is 4.66. The molecule has 2 heterocycles. The molecule has 0 aromatic rings. The molecule has 2 aliphatic heterocycles. The van der Waals surface area contributed by atoms with Crippen LogP contribution < -0.4 is 0 Å². The summed E-state index contributed by atoms with van der Waals surface area (Å²) in [6.45, 7) is 2.95. The fourth-order valence-corrected chi connectivity index (χ4v) is 4.63. The first-order valence-corrected chi connectivity index (χ1v) is 7.84.